The fourth-order valence-corrected chi connectivity index (χ4v) is 3.39. The Morgan fingerprint density at radius 2 is 2.17 bits per heavy atom. The zero-order valence-electron chi connectivity index (χ0n) is 13.5. The Kier molecular flexibility index (Phi) is 4.04. The number of aryl methyl sites for hydroxylation is 3. The van der Waals surface area contributed by atoms with Crippen molar-refractivity contribution in [3.63, 3.8) is 0 Å². The first-order valence-electron chi connectivity index (χ1n) is 7.32. The molecule has 0 N–H and O–H groups in total. The molecule has 23 heavy (non-hydrogen) atoms. The Morgan fingerprint density at radius 1 is 1.39 bits per heavy atom. The van der Waals surface area contributed by atoms with Crippen LogP contribution in [-0.2, 0) is 14.1 Å². The minimum atomic E-state index is -0.339. The highest BCUT2D eigenvalue weighted by Gasteiger charge is 2.13. The van der Waals surface area contributed by atoms with E-state index in [2.05, 4.69) is 10.1 Å². The van der Waals surface area contributed by atoms with E-state index in [0.29, 0.717) is 17.1 Å². The van der Waals surface area contributed by atoms with Gasteiger partial charge >= 0.3 is 0 Å². The number of hydrogen-bond donors (Lipinski definition) is 0. The number of aromatic nitrogens is 3. The zero-order chi connectivity index (χ0) is 16.6. The van der Waals surface area contributed by atoms with E-state index >= 15 is 0 Å². The highest BCUT2D eigenvalue weighted by molar-refractivity contribution is 7.16. The van der Waals surface area contributed by atoms with Gasteiger partial charge < -0.3 is 9.30 Å². The van der Waals surface area contributed by atoms with E-state index in [1.807, 2.05) is 43.7 Å². The Morgan fingerprint density at radius 3 is 2.83 bits per heavy atom. The molecule has 0 aliphatic carbocycles. The molecule has 6 nitrogen and oxygen atoms in total. The first-order valence-corrected chi connectivity index (χ1v) is 8.14. The molecule has 2 heterocycles. The third-order valence-electron chi connectivity index (χ3n) is 3.62. The summed E-state index contributed by atoms with van der Waals surface area (Å²) in [5, 5.41) is 4.18. The van der Waals surface area contributed by atoms with Crippen molar-refractivity contribution in [2.75, 3.05) is 6.61 Å². The first kappa shape index (κ1) is 15.5. The standard InChI is InChI=1S/C16H18N4O2S/c1-5-22-12-7-6-8-13-14(12)19(3)16(23-13)17-15(21)11-9-10(2)20(4)18-11/h6-9H,5H2,1-4H3. The number of carbonyl (C=O) groups excluding carboxylic acids is 1. The van der Waals surface area contributed by atoms with Crippen LogP contribution in [0.1, 0.15) is 23.1 Å². The second-order valence-electron chi connectivity index (χ2n) is 5.19. The molecule has 3 aromatic rings. The molecule has 1 amide bonds. The Labute approximate surface area is 137 Å². The third kappa shape index (κ3) is 2.79. The molecule has 3 rings (SSSR count). The number of ether oxygens (including phenoxy) is 1. The molecule has 0 fully saturated rings. The lowest BCUT2D eigenvalue weighted by Crippen LogP contribution is -2.14. The Balaban J connectivity index is 2.11. The van der Waals surface area contributed by atoms with Crippen LogP contribution in [0.25, 0.3) is 10.2 Å². The van der Waals surface area contributed by atoms with Gasteiger partial charge in [0, 0.05) is 19.8 Å². The van der Waals surface area contributed by atoms with E-state index in [1.54, 1.807) is 17.8 Å². The largest absolute Gasteiger partial charge is 0.492 e. The number of hydrogen-bond acceptors (Lipinski definition) is 4. The fraction of sp³-hybridized carbons (Fsp3) is 0.312. The van der Waals surface area contributed by atoms with Crippen molar-refractivity contribution < 1.29 is 9.53 Å². The maximum atomic E-state index is 12.3. The average Bonchev–Trinajstić information content (AvgIpc) is 3.01. The molecule has 0 saturated carbocycles. The van der Waals surface area contributed by atoms with Crippen molar-refractivity contribution in [3.05, 3.63) is 40.5 Å². The molecule has 0 aliphatic rings. The van der Waals surface area contributed by atoms with Gasteiger partial charge in [-0.1, -0.05) is 17.4 Å². The number of fused-ring (bicyclic) bond motifs is 1. The van der Waals surface area contributed by atoms with Crippen LogP contribution < -0.4 is 9.54 Å². The number of nitrogens with zero attached hydrogens (tertiary/aromatic N) is 4. The summed E-state index contributed by atoms with van der Waals surface area (Å²) in [6, 6.07) is 7.60. The highest BCUT2D eigenvalue weighted by Crippen LogP contribution is 2.26. The molecule has 0 radical (unpaired) electrons. The number of thiazole rings is 1. The predicted molar refractivity (Wildman–Crippen MR) is 89.8 cm³/mol. The first-order chi connectivity index (χ1) is 11.0. The predicted octanol–water partition coefficient (Wildman–Crippen LogP) is 2.42. The molecule has 0 unspecified atom stereocenters. The normalized spacial score (nSPS) is 12.1. The topological polar surface area (TPSA) is 61.4 Å². The van der Waals surface area contributed by atoms with Crippen LogP contribution in [0, 0.1) is 6.92 Å². The van der Waals surface area contributed by atoms with E-state index in [9.17, 15) is 4.79 Å². The van der Waals surface area contributed by atoms with Gasteiger partial charge in [0.1, 0.15) is 11.3 Å². The van der Waals surface area contributed by atoms with Gasteiger partial charge in [-0.2, -0.15) is 10.1 Å². The smallest absolute Gasteiger partial charge is 0.300 e. The van der Waals surface area contributed by atoms with Gasteiger partial charge in [-0.05, 0) is 32.0 Å². The number of amides is 1. The lowest BCUT2D eigenvalue weighted by Gasteiger charge is -2.05. The summed E-state index contributed by atoms with van der Waals surface area (Å²) in [5.74, 6) is 0.458. The van der Waals surface area contributed by atoms with Gasteiger partial charge in [-0.15, -0.1) is 0 Å². The molecule has 0 spiro atoms. The summed E-state index contributed by atoms with van der Waals surface area (Å²) < 4.78 is 10.3. The SMILES string of the molecule is CCOc1cccc2sc(=NC(=O)c3cc(C)n(C)n3)n(C)c12. The van der Waals surface area contributed by atoms with E-state index in [4.69, 9.17) is 4.74 Å². The summed E-state index contributed by atoms with van der Waals surface area (Å²) >= 11 is 1.46. The molecule has 120 valence electrons. The molecular formula is C16H18N4O2S. The van der Waals surface area contributed by atoms with Crippen LogP contribution in [0.4, 0.5) is 0 Å². The Hall–Kier alpha value is -2.41. The van der Waals surface area contributed by atoms with Crippen molar-refractivity contribution in [1.82, 2.24) is 14.3 Å². The lowest BCUT2D eigenvalue weighted by atomic mass is 10.3. The van der Waals surface area contributed by atoms with Crippen molar-refractivity contribution in [2.45, 2.75) is 13.8 Å². The number of benzene rings is 1. The summed E-state index contributed by atoms with van der Waals surface area (Å²) in [6.45, 7) is 4.44. The molecule has 0 saturated heterocycles. The van der Waals surface area contributed by atoms with Gasteiger partial charge in [-0.3, -0.25) is 9.48 Å². The van der Waals surface area contributed by atoms with Crippen molar-refractivity contribution >= 4 is 27.5 Å². The van der Waals surface area contributed by atoms with Gasteiger partial charge in [0.25, 0.3) is 5.91 Å². The van der Waals surface area contributed by atoms with E-state index in [0.717, 1.165) is 21.7 Å². The van der Waals surface area contributed by atoms with Gasteiger partial charge in [0.2, 0.25) is 0 Å². The maximum Gasteiger partial charge on any atom is 0.300 e. The molecule has 0 aliphatic heterocycles. The minimum absolute atomic E-state index is 0.339. The van der Waals surface area contributed by atoms with Gasteiger partial charge in [0.15, 0.2) is 10.5 Å². The fourth-order valence-electron chi connectivity index (χ4n) is 2.36. The number of rotatable bonds is 3. The van der Waals surface area contributed by atoms with Crippen LogP contribution in [-0.4, -0.2) is 26.9 Å². The number of para-hydroxylation sites is 1. The van der Waals surface area contributed by atoms with Crippen LogP contribution in [0.2, 0.25) is 0 Å². The second kappa shape index (κ2) is 6.00. The quantitative estimate of drug-likeness (QED) is 0.741. The molecule has 1 aromatic carbocycles. The molecular weight excluding hydrogens is 312 g/mol. The third-order valence-corrected chi connectivity index (χ3v) is 4.71. The van der Waals surface area contributed by atoms with E-state index in [1.165, 1.54) is 11.3 Å². The monoisotopic (exact) mass is 330 g/mol. The van der Waals surface area contributed by atoms with E-state index in [-0.39, 0.29) is 5.91 Å². The highest BCUT2D eigenvalue weighted by atomic mass is 32.1. The maximum absolute atomic E-state index is 12.3. The van der Waals surface area contributed by atoms with Crippen LogP contribution >= 0.6 is 11.3 Å². The summed E-state index contributed by atoms with van der Waals surface area (Å²) in [5.41, 5.74) is 2.22. The summed E-state index contributed by atoms with van der Waals surface area (Å²) in [6.07, 6.45) is 0. The minimum Gasteiger partial charge on any atom is -0.492 e. The molecule has 7 heteroatoms. The van der Waals surface area contributed by atoms with E-state index < -0.39 is 0 Å². The second-order valence-corrected chi connectivity index (χ2v) is 6.20. The zero-order valence-corrected chi connectivity index (χ0v) is 14.3. The lowest BCUT2D eigenvalue weighted by molar-refractivity contribution is 0.0992. The van der Waals surface area contributed by atoms with Crippen molar-refractivity contribution in [3.8, 4) is 5.75 Å². The molecule has 2 aromatic heterocycles. The van der Waals surface area contributed by atoms with Crippen LogP contribution in [0.3, 0.4) is 0 Å². The summed E-state index contributed by atoms with van der Waals surface area (Å²) in [4.78, 5) is 17.2. The average molecular weight is 330 g/mol. The summed E-state index contributed by atoms with van der Waals surface area (Å²) in [7, 11) is 3.69. The Bertz CT molecular complexity index is 929. The van der Waals surface area contributed by atoms with Gasteiger partial charge in [0.05, 0.1) is 11.3 Å². The van der Waals surface area contributed by atoms with Crippen LogP contribution in [0.5, 0.6) is 5.75 Å². The van der Waals surface area contributed by atoms with Gasteiger partial charge in [-0.25, -0.2) is 0 Å². The van der Waals surface area contributed by atoms with Crippen molar-refractivity contribution in [2.24, 2.45) is 19.1 Å². The van der Waals surface area contributed by atoms with Crippen molar-refractivity contribution in [1.29, 1.82) is 0 Å². The molecule has 0 bridgehead atoms. The van der Waals surface area contributed by atoms with Crippen LogP contribution in [0.15, 0.2) is 29.3 Å². The number of carbonyl (C=O) groups is 1. The molecule has 0 atom stereocenters.